The lowest BCUT2D eigenvalue weighted by molar-refractivity contribution is -0.110. The van der Waals surface area contributed by atoms with E-state index >= 15 is 0 Å². The number of carbonyl (C=O) groups excluding carboxylic acids is 2. The van der Waals surface area contributed by atoms with Crippen molar-refractivity contribution in [3.05, 3.63) is 52.1 Å². The maximum atomic E-state index is 13.7. The predicted molar refractivity (Wildman–Crippen MR) is 114 cm³/mol. The molecule has 0 radical (unpaired) electrons. The van der Waals surface area contributed by atoms with Gasteiger partial charge in [-0.05, 0) is 56.5 Å². The molecule has 0 saturated heterocycles. The SMILES string of the molecule is CCCC(CCC)NC(=O)c1c(C)[nH]c(/C=C2\C(=O)Nc3ccc(F)cc32)c1C. The minimum atomic E-state index is -0.400. The molecule has 0 fully saturated rings. The van der Waals surface area contributed by atoms with Crippen LogP contribution in [0.3, 0.4) is 0 Å². The molecule has 2 aromatic rings. The Hall–Kier alpha value is -2.89. The summed E-state index contributed by atoms with van der Waals surface area (Å²) in [6.07, 6.45) is 5.61. The smallest absolute Gasteiger partial charge is 0.256 e. The molecule has 1 aromatic carbocycles. The minimum absolute atomic E-state index is 0.102. The molecule has 3 rings (SSSR count). The van der Waals surface area contributed by atoms with Crippen molar-refractivity contribution in [2.75, 3.05) is 5.32 Å². The van der Waals surface area contributed by atoms with E-state index in [4.69, 9.17) is 0 Å². The van der Waals surface area contributed by atoms with Gasteiger partial charge in [-0.3, -0.25) is 9.59 Å². The van der Waals surface area contributed by atoms with Crippen molar-refractivity contribution in [2.24, 2.45) is 0 Å². The van der Waals surface area contributed by atoms with Crippen LogP contribution in [0, 0.1) is 19.7 Å². The number of benzene rings is 1. The number of halogens is 1. The van der Waals surface area contributed by atoms with E-state index in [-0.39, 0.29) is 17.9 Å². The number of hydrogen-bond donors (Lipinski definition) is 3. The van der Waals surface area contributed by atoms with E-state index in [0.29, 0.717) is 28.1 Å². The van der Waals surface area contributed by atoms with E-state index in [1.807, 2.05) is 13.8 Å². The molecule has 2 heterocycles. The van der Waals surface area contributed by atoms with E-state index in [1.165, 1.54) is 12.1 Å². The molecule has 0 aliphatic carbocycles. The molecule has 0 bridgehead atoms. The molecular weight excluding hydrogens is 369 g/mol. The molecule has 1 aromatic heterocycles. The first kappa shape index (κ1) is 20.8. The summed E-state index contributed by atoms with van der Waals surface area (Å²) >= 11 is 0. The first-order chi connectivity index (χ1) is 13.8. The van der Waals surface area contributed by atoms with Gasteiger partial charge in [0.15, 0.2) is 0 Å². The van der Waals surface area contributed by atoms with Gasteiger partial charge in [0.05, 0.1) is 11.1 Å². The molecule has 1 aliphatic heterocycles. The topological polar surface area (TPSA) is 74.0 Å². The molecule has 154 valence electrons. The summed E-state index contributed by atoms with van der Waals surface area (Å²) in [5.74, 6) is -0.784. The fourth-order valence-electron chi connectivity index (χ4n) is 3.95. The Kier molecular flexibility index (Phi) is 6.20. The minimum Gasteiger partial charge on any atom is -0.358 e. The molecule has 5 nitrogen and oxygen atoms in total. The molecule has 6 heteroatoms. The highest BCUT2D eigenvalue weighted by Gasteiger charge is 2.26. The zero-order chi connectivity index (χ0) is 21.1. The van der Waals surface area contributed by atoms with E-state index in [1.54, 1.807) is 12.1 Å². The number of anilines is 1. The van der Waals surface area contributed by atoms with Gasteiger partial charge in [0.25, 0.3) is 11.8 Å². The third-order valence-electron chi connectivity index (χ3n) is 5.37. The van der Waals surface area contributed by atoms with Crippen LogP contribution in [0.5, 0.6) is 0 Å². The highest BCUT2D eigenvalue weighted by atomic mass is 19.1. The third kappa shape index (κ3) is 4.26. The lowest BCUT2D eigenvalue weighted by atomic mass is 10.0. The lowest BCUT2D eigenvalue weighted by Crippen LogP contribution is -2.35. The highest BCUT2D eigenvalue weighted by molar-refractivity contribution is 6.34. The quantitative estimate of drug-likeness (QED) is 0.578. The second-order valence-corrected chi connectivity index (χ2v) is 7.61. The molecular formula is C23H28FN3O2. The maximum absolute atomic E-state index is 13.7. The summed E-state index contributed by atoms with van der Waals surface area (Å²) in [6, 6.07) is 4.37. The van der Waals surface area contributed by atoms with Gasteiger partial charge in [-0.2, -0.15) is 0 Å². The summed E-state index contributed by atoms with van der Waals surface area (Å²) < 4.78 is 13.7. The van der Waals surface area contributed by atoms with E-state index in [2.05, 4.69) is 29.5 Å². The standard InChI is InChI=1S/C23H28FN3O2/c1-5-7-16(8-6-2)26-23(29)21-13(3)20(25-14(21)4)12-18-17-11-15(24)9-10-19(17)27-22(18)28/h9-12,16,25H,5-8H2,1-4H3,(H,26,29)(H,27,28)/b18-12-. The van der Waals surface area contributed by atoms with Crippen molar-refractivity contribution in [2.45, 2.75) is 59.4 Å². The van der Waals surface area contributed by atoms with Gasteiger partial charge in [0.2, 0.25) is 0 Å². The number of nitrogens with one attached hydrogen (secondary N) is 3. The second kappa shape index (κ2) is 8.64. The molecule has 0 unspecified atom stereocenters. The van der Waals surface area contributed by atoms with Crippen LogP contribution in [0.4, 0.5) is 10.1 Å². The number of aryl methyl sites for hydroxylation is 1. The van der Waals surface area contributed by atoms with Crippen LogP contribution in [0.2, 0.25) is 0 Å². The zero-order valence-electron chi connectivity index (χ0n) is 17.4. The first-order valence-corrected chi connectivity index (χ1v) is 10.2. The van der Waals surface area contributed by atoms with Gasteiger partial charge in [0, 0.05) is 28.7 Å². The van der Waals surface area contributed by atoms with Gasteiger partial charge in [0.1, 0.15) is 5.82 Å². The van der Waals surface area contributed by atoms with Crippen LogP contribution in [0.1, 0.15) is 72.4 Å². The van der Waals surface area contributed by atoms with Gasteiger partial charge in [-0.25, -0.2) is 4.39 Å². The summed E-state index contributed by atoms with van der Waals surface area (Å²) in [6.45, 7) is 7.93. The molecule has 0 atom stereocenters. The van der Waals surface area contributed by atoms with Crippen LogP contribution < -0.4 is 10.6 Å². The lowest BCUT2D eigenvalue weighted by Gasteiger charge is -2.17. The molecule has 2 amide bonds. The largest absolute Gasteiger partial charge is 0.358 e. The summed E-state index contributed by atoms with van der Waals surface area (Å²) in [4.78, 5) is 28.5. The number of hydrogen-bond acceptors (Lipinski definition) is 2. The molecule has 0 spiro atoms. The number of carbonyl (C=O) groups is 2. The van der Waals surface area contributed by atoms with Crippen LogP contribution in [-0.2, 0) is 4.79 Å². The molecule has 0 saturated carbocycles. The van der Waals surface area contributed by atoms with Crippen molar-refractivity contribution in [1.29, 1.82) is 0 Å². The van der Waals surface area contributed by atoms with E-state index in [9.17, 15) is 14.0 Å². The zero-order valence-corrected chi connectivity index (χ0v) is 17.4. The molecule has 3 N–H and O–H groups in total. The van der Waals surface area contributed by atoms with Gasteiger partial charge < -0.3 is 15.6 Å². The van der Waals surface area contributed by atoms with E-state index < -0.39 is 5.82 Å². The van der Waals surface area contributed by atoms with Crippen molar-refractivity contribution < 1.29 is 14.0 Å². The van der Waals surface area contributed by atoms with Crippen LogP contribution >= 0.6 is 0 Å². The fraction of sp³-hybridized carbons (Fsp3) is 0.391. The summed E-state index contributed by atoms with van der Waals surface area (Å²) in [7, 11) is 0. The normalized spacial score (nSPS) is 14.4. The van der Waals surface area contributed by atoms with Crippen molar-refractivity contribution in [1.82, 2.24) is 10.3 Å². The van der Waals surface area contributed by atoms with Gasteiger partial charge >= 0.3 is 0 Å². The number of rotatable bonds is 7. The Morgan fingerprint density at radius 2 is 1.90 bits per heavy atom. The van der Waals surface area contributed by atoms with Crippen molar-refractivity contribution in [3.63, 3.8) is 0 Å². The van der Waals surface area contributed by atoms with Crippen LogP contribution in [0.15, 0.2) is 18.2 Å². The number of H-pyrrole nitrogens is 1. The number of aromatic amines is 1. The van der Waals surface area contributed by atoms with Crippen LogP contribution in [-0.4, -0.2) is 22.8 Å². The molecule has 1 aliphatic rings. The summed E-state index contributed by atoms with van der Waals surface area (Å²) in [5, 5.41) is 5.89. The van der Waals surface area contributed by atoms with E-state index in [0.717, 1.165) is 36.9 Å². The third-order valence-corrected chi connectivity index (χ3v) is 5.37. The Bertz CT molecular complexity index is 969. The maximum Gasteiger partial charge on any atom is 0.256 e. The van der Waals surface area contributed by atoms with Crippen molar-refractivity contribution >= 4 is 29.2 Å². The average molecular weight is 397 g/mol. The van der Waals surface area contributed by atoms with Crippen molar-refractivity contribution in [3.8, 4) is 0 Å². The average Bonchev–Trinajstić information content (AvgIpc) is 3.11. The van der Waals surface area contributed by atoms with Crippen LogP contribution in [0.25, 0.3) is 11.6 Å². The van der Waals surface area contributed by atoms with Gasteiger partial charge in [-0.15, -0.1) is 0 Å². The highest BCUT2D eigenvalue weighted by Crippen LogP contribution is 2.34. The first-order valence-electron chi connectivity index (χ1n) is 10.2. The number of aromatic nitrogens is 1. The summed E-state index contributed by atoms with van der Waals surface area (Å²) in [5.41, 5.74) is 4.30. The monoisotopic (exact) mass is 397 g/mol. The Morgan fingerprint density at radius 3 is 2.55 bits per heavy atom. The fourth-order valence-corrected chi connectivity index (χ4v) is 3.95. The Labute approximate surface area is 170 Å². The van der Waals surface area contributed by atoms with Gasteiger partial charge in [-0.1, -0.05) is 26.7 Å². The number of amides is 2. The Balaban J connectivity index is 1.92. The number of fused-ring (bicyclic) bond motifs is 1. The Morgan fingerprint density at radius 1 is 1.21 bits per heavy atom. The predicted octanol–water partition coefficient (Wildman–Crippen LogP) is 4.96. The second-order valence-electron chi connectivity index (χ2n) is 7.61. The molecule has 29 heavy (non-hydrogen) atoms.